The van der Waals surface area contributed by atoms with Gasteiger partial charge in [0.15, 0.2) is 5.78 Å². The predicted molar refractivity (Wildman–Crippen MR) is 164 cm³/mol. The molecular weight excluding hydrogens is 478 g/mol. The summed E-state index contributed by atoms with van der Waals surface area (Å²) in [5.74, 6) is 0.590. The van der Waals surface area contributed by atoms with Crippen LogP contribution in [0.1, 0.15) is 19.4 Å². The van der Waals surface area contributed by atoms with Gasteiger partial charge in [0.1, 0.15) is 5.76 Å². The quantitative estimate of drug-likeness (QED) is 0.128. The molecule has 0 aromatic heterocycles. The lowest BCUT2D eigenvalue weighted by atomic mass is 9.88. The molecule has 0 heterocycles. The summed E-state index contributed by atoms with van der Waals surface area (Å²) >= 11 is 0. The molecule has 0 aliphatic heterocycles. The summed E-state index contributed by atoms with van der Waals surface area (Å²) in [5.41, 5.74) is 4.71. The van der Waals surface area contributed by atoms with E-state index in [4.69, 9.17) is 4.74 Å². The number of benzene rings is 6. The van der Waals surface area contributed by atoms with Crippen LogP contribution in [0.4, 0.5) is 17.1 Å². The monoisotopic (exact) mass is 507 g/mol. The first-order valence-corrected chi connectivity index (χ1v) is 13.1. The van der Waals surface area contributed by atoms with Crippen molar-refractivity contribution in [1.82, 2.24) is 0 Å². The molecule has 3 heteroatoms. The molecule has 0 atom stereocenters. The number of hydrogen-bond donors (Lipinski definition) is 0. The second-order valence-electron chi connectivity index (χ2n) is 9.71. The van der Waals surface area contributed by atoms with Gasteiger partial charge in [0.2, 0.25) is 0 Å². The highest BCUT2D eigenvalue weighted by Crippen LogP contribution is 2.47. The summed E-state index contributed by atoms with van der Waals surface area (Å²) in [6, 6.07) is 42.2. The molecule has 6 aromatic carbocycles. The molecule has 0 saturated heterocycles. The second-order valence-corrected chi connectivity index (χ2v) is 9.71. The molecule has 39 heavy (non-hydrogen) atoms. The maximum Gasteiger partial charge on any atom is 0.163 e. The van der Waals surface area contributed by atoms with Crippen LogP contribution in [0.25, 0.3) is 37.9 Å². The summed E-state index contributed by atoms with van der Waals surface area (Å²) in [6.45, 7) is 3.47. The third-order valence-electron chi connectivity index (χ3n) is 7.39. The molecule has 0 spiro atoms. The van der Waals surface area contributed by atoms with E-state index in [1.54, 1.807) is 14.0 Å². The molecule has 6 rings (SSSR count). The number of hydrogen-bond acceptors (Lipinski definition) is 3. The Balaban J connectivity index is 1.78. The van der Waals surface area contributed by atoms with E-state index >= 15 is 0 Å². The first-order chi connectivity index (χ1) is 19.1. The molecular formula is C36H29NO2. The van der Waals surface area contributed by atoms with Crippen molar-refractivity contribution in [3.8, 4) is 0 Å². The first kappa shape index (κ1) is 24.4. The molecule has 0 fully saturated rings. The number of methoxy groups -OCH3 is 1. The fraction of sp³-hybridized carbons (Fsp3) is 0.0833. The van der Waals surface area contributed by atoms with E-state index in [0.29, 0.717) is 11.3 Å². The SMILES string of the molecule is CO/C(C)=C(\C(C)=O)c1c2ccccc2c(N(c2ccccc2)c2ccc3ccccc3c2)c2ccccc12. The number of anilines is 3. The van der Waals surface area contributed by atoms with Crippen LogP contribution in [-0.2, 0) is 9.53 Å². The molecule has 0 amide bonds. The van der Waals surface area contributed by atoms with Crippen LogP contribution >= 0.6 is 0 Å². The van der Waals surface area contributed by atoms with Crippen LogP contribution < -0.4 is 4.90 Å². The van der Waals surface area contributed by atoms with Crippen molar-refractivity contribution >= 4 is 60.7 Å². The number of carbonyl (C=O) groups excluding carboxylic acids is 1. The van der Waals surface area contributed by atoms with E-state index < -0.39 is 0 Å². The summed E-state index contributed by atoms with van der Waals surface area (Å²) in [5, 5.41) is 6.52. The highest BCUT2D eigenvalue weighted by Gasteiger charge is 2.25. The van der Waals surface area contributed by atoms with Crippen LogP contribution in [0.3, 0.4) is 0 Å². The van der Waals surface area contributed by atoms with Crippen molar-refractivity contribution < 1.29 is 9.53 Å². The molecule has 0 aliphatic rings. The molecule has 190 valence electrons. The molecule has 0 radical (unpaired) electrons. The van der Waals surface area contributed by atoms with Gasteiger partial charge in [-0.3, -0.25) is 4.79 Å². The van der Waals surface area contributed by atoms with Gasteiger partial charge in [0, 0.05) is 27.7 Å². The van der Waals surface area contributed by atoms with E-state index in [2.05, 4.69) is 108 Å². The van der Waals surface area contributed by atoms with E-state index in [0.717, 1.165) is 44.2 Å². The number of ketones is 1. The molecule has 0 unspecified atom stereocenters. The van der Waals surface area contributed by atoms with Gasteiger partial charge in [0.05, 0.1) is 18.4 Å². The lowest BCUT2D eigenvalue weighted by Gasteiger charge is -2.30. The van der Waals surface area contributed by atoms with E-state index in [1.807, 2.05) is 25.1 Å². The molecule has 3 nitrogen and oxygen atoms in total. The second kappa shape index (κ2) is 10.1. The Morgan fingerprint density at radius 3 is 1.72 bits per heavy atom. The minimum Gasteiger partial charge on any atom is -0.501 e. The van der Waals surface area contributed by atoms with E-state index in [-0.39, 0.29) is 5.78 Å². The van der Waals surface area contributed by atoms with Gasteiger partial charge in [-0.15, -0.1) is 0 Å². The number of nitrogens with zero attached hydrogens (tertiary/aromatic N) is 1. The fourth-order valence-electron chi connectivity index (χ4n) is 5.62. The number of Topliss-reactive ketones (excluding diaryl/α,β-unsaturated/α-hetero) is 1. The van der Waals surface area contributed by atoms with Gasteiger partial charge in [-0.05, 0) is 59.7 Å². The van der Waals surface area contributed by atoms with Crippen molar-refractivity contribution in [2.75, 3.05) is 12.0 Å². The zero-order valence-electron chi connectivity index (χ0n) is 22.3. The van der Waals surface area contributed by atoms with Gasteiger partial charge in [0.25, 0.3) is 0 Å². The van der Waals surface area contributed by atoms with E-state index in [9.17, 15) is 4.79 Å². The Kier molecular flexibility index (Phi) is 6.34. The van der Waals surface area contributed by atoms with Crippen molar-refractivity contribution in [3.63, 3.8) is 0 Å². The Bertz CT molecular complexity index is 1830. The summed E-state index contributed by atoms with van der Waals surface area (Å²) in [4.78, 5) is 15.4. The highest BCUT2D eigenvalue weighted by molar-refractivity contribution is 6.30. The standard InChI is InChI=1S/C36H29NO2/c1-24(38)34(25(2)39-3)35-30-17-9-11-19-32(30)36(33-20-12-10-18-31(33)35)37(28-15-5-4-6-16-28)29-22-21-26-13-7-8-14-27(26)23-29/h4-23H,1-3H3/b34-25+. The minimum atomic E-state index is -0.0214. The van der Waals surface area contributed by atoms with Crippen LogP contribution in [0.5, 0.6) is 0 Å². The number of fused-ring (bicyclic) bond motifs is 3. The predicted octanol–water partition coefficient (Wildman–Crippen LogP) is 9.58. The van der Waals surface area contributed by atoms with Crippen molar-refractivity contribution in [3.05, 3.63) is 133 Å². The average Bonchev–Trinajstić information content (AvgIpc) is 2.98. The van der Waals surface area contributed by atoms with Gasteiger partial charge < -0.3 is 9.64 Å². The zero-order chi connectivity index (χ0) is 26.9. The molecule has 0 N–H and O–H groups in total. The van der Waals surface area contributed by atoms with Crippen molar-refractivity contribution in [1.29, 1.82) is 0 Å². The summed E-state index contributed by atoms with van der Waals surface area (Å²) in [6.07, 6.45) is 0. The lowest BCUT2D eigenvalue weighted by Crippen LogP contribution is -2.12. The fourth-order valence-corrected chi connectivity index (χ4v) is 5.62. The molecule has 0 saturated carbocycles. The molecule has 0 aliphatic carbocycles. The average molecular weight is 508 g/mol. The number of para-hydroxylation sites is 1. The Morgan fingerprint density at radius 1 is 0.590 bits per heavy atom. The maximum absolute atomic E-state index is 13.1. The van der Waals surface area contributed by atoms with Gasteiger partial charge in [-0.2, -0.15) is 0 Å². The third-order valence-corrected chi connectivity index (χ3v) is 7.39. The van der Waals surface area contributed by atoms with Crippen molar-refractivity contribution in [2.24, 2.45) is 0 Å². The van der Waals surface area contributed by atoms with Crippen molar-refractivity contribution in [2.45, 2.75) is 13.8 Å². The van der Waals surface area contributed by atoms with E-state index in [1.165, 1.54) is 10.8 Å². The number of carbonyl (C=O) groups is 1. The smallest absolute Gasteiger partial charge is 0.163 e. The molecule has 6 aromatic rings. The third kappa shape index (κ3) is 4.22. The Morgan fingerprint density at radius 2 is 1.13 bits per heavy atom. The Hall–Kier alpha value is -4.89. The van der Waals surface area contributed by atoms with Crippen LogP contribution in [0.2, 0.25) is 0 Å². The van der Waals surface area contributed by atoms with Crippen LogP contribution in [-0.4, -0.2) is 12.9 Å². The lowest BCUT2D eigenvalue weighted by molar-refractivity contribution is -0.111. The van der Waals surface area contributed by atoms with Gasteiger partial charge in [-0.25, -0.2) is 0 Å². The maximum atomic E-state index is 13.1. The van der Waals surface area contributed by atoms with Gasteiger partial charge in [-0.1, -0.05) is 97.1 Å². The van der Waals surface area contributed by atoms with Crippen LogP contribution in [0.15, 0.2) is 127 Å². The number of ether oxygens (including phenoxy) is 1. The highest BCUT2D eigenvalue weighted by atomic mass is 16.5. The molecule has 0 bridgehead atoms. The first-order valence-electron chi connectivity index (χ1n) is 13.1. The summed E-state index contributed by atoms with van der Waals surface area (Å²) in [7, 11) is 1.62. The summed E-state index contributed by atoms with van der Waals surface area (Å²) < 4.78 is 5.63. The topological polar surface area (TPSA) is 29.5 Å². The zero-order valence-corrected chi connectivity index (χ0v) is 22.3. The van der Waals surface area contributed by atoms with Crippen LogP contribution in [0, 0.1) is 0 Å². The number of rotatable bonds is 6. The number of allylic oxidation sites excluding steroid dienone is 2. The normalized spacial score (nSPS) is 12.0. The Labute approximate surface area is 228 Å². The van der Waals surface area contributed by atoms with Gasteiger partial charge >= 0.3 is 0 Å². The minimum absolute atomic E-state index is 0.0214. The largest absolute Gasteiger partial charge is 0.501 e.